The normalized spacial score (nSPS) is 20.3. The first-order valence-electron chi connectivity index (χ1n) is 7.74. The van der Waals surface area contributed by atoms with Crippen LogP contribution in [0.15, 0.2) is 48.5 Å². The molecular weight excluding hydrogens is 340 g/mol. The van der Waals surface area contributed by atoms with E-state index in [-0.39, 0.29) is 0 Å². The van der Waals surface area contributed by atoms with Crippen molar-refractivity contribution in [3.63, 3.8) is 0 Å². The molecule has 0 amide bonds. The maximum atomic E-state index is 6.28. The lowest BCUT2D eigenvalue weighted by molar-refractivity contribution is 0.140. The summed E-state index contributed by atoms with van der Waals surface area (Å²) < 4.78 is 29.1. The zero-order valence-electron chi connectivity index (χ0n) is 14.4. The number of hydrogen-bond donors (Lipinski definition) is 0. The quantitative estimate of drug-likeness (QED) is 0.757. The van der Waals surface area contributed by atoms with Gasteiger partial charge in [0.1, 0.15) is 5.75 Å². The molecule has 128 valence electrons. The van der Waals surface area contributed by atoms with E-state index in [9.17, 15) is 0 Å². The monoisotopic (exact) mass is 362 g/mol. The minimum atomic E-state index is -2.85. The fourth-order valence-electron chi connectivity index (χ4n) is 2.92. The number of rotatable bonds is 5. The van der Waals surface area contributed by atoms with E-state index in [2.05, 4.69) is 18.7 Å². The van der Waals surface area contributed by atoms with Crippen molar-refractivity contribution in [3.8, 4) is 5.75 Å². The van der Waals surface area contributed by atoms with Gasteiger partial charge in [0.2, 0.25) is 0 Å². The number of hydrogen-bond acceptors (Lipinski definition) is 5. The number of fused-ring (bicyclic) bond motifs is 1. The second-order valence-corrected chi connectivity index (χ2v) is 11.6. The summed E-state index contributed by atoms with van der Waals surface area (Å²) in [6.45, 7) is 2.57. The van der Waals surface area contributed by atoms with Crippen molar-refractivity contribution >= 4 is 27.7 Å². The van der Waals surface area contributed by atoms with Crippen LogP contribution in [0.3, 0.4) is 0 Å². The Labute approximate surface area is 144 Å². The standard InChI is InChI=1S/C17H22O5Si2/c1-18-24(19-2,20-3)16-10-11-17-14(12-16)13-21-23(4,22-17)15-8-6-5-7-9-15/h5-12H,13H2,1-4H3. The van der Waals surface area contributed by atoms with Gasteiger partial charge in [0.25, 0.3) is 0 Å². The lowest BCUT2D eigenvalue weighted by Crippen LogP contribution is -2.57. The van der Waals surface area contributed by atoms with Crippen molar-refractivity contribution in [2.45, 2.75) is 13.2 Å². The zero-order valence-corrected chi connectivity index (χ0v) is 16.4. The highest BCUT2D eigenvalue weighted by Gasteiger charge is 2.44. The third-order valence-corrected chi connectivity index (χ3v) is 9.64. The first-order valence-corrected chi connectivity index (χ1v) is 11.8. The van der Waals surface area contributed by atoms with E-state index in [0.29, 0.717) is 6.61 Å². The van der Waals surface area contributed by atoms with E-state index in [4.69, 9.17) is 22.1 Å². The first kappa shape index (κ1) is 17.3. The Morgan fingerprint density at radius 2 is 1.62 bits per heavy atom. The summed E-state index contributed by atoms with van der Waals surface area (Å²) in [6.07, 6.45) is 0. The Morgan fingerprint density at radius 1 is 0.958 bits per heavy atom. The average molecular weight is 363 g/mol. The van der Waals surface area contributed by atoms with Crippen LogP contribution in [0.5, 0.6) is 5.75 Å². The fraction of sp³-hybridized carbons (Fsp3) is 0.294. The van der Waals surface area contributed by atoms with Gasteiger partial charge in [-0.05, 0) is 18.7 Å². The third-order valence-electron chi connectivity index (χ3n) is 4.33. The molecule has 3 rings (SSSR count). The van der Waals surface area contributed by atoms with E-state index in [1.807, 2.05) is 36.4 Å². The van der Waals surface area contributed by atoms with Gasteiger partial charge in [-0.2, -0.15) is 0 Å². The molecule has 1 aliphatic rings. The van der Waals surface area contributed by atoms with Crippen LogP contribution in [-0.2, 0) is 24.3 Å². The van der Waals surface area contributed by atoms with E-state index in [1.165, 1.54) is 0 Å². The first-order chi connectivity index (χ1) is 11.6. The van der Waals surface area contributed by atoms with Crippen LogP contribution in [0.4, 0.5) is 0 Å². The van der Waals surface area contributed by atoms with Crippen LogP contribution in [0.2, 0.25) is 6.55 Å². The predicted octanol–water partition coefficient (Wildman–Crippen LogP) is 1.66. The Balaban J connectivity index is 1.92. The topological polar surface area (TPSA) is 46.2 Å². The molecule has 0 bridgehead atoms. The van der Waals surface area contributed by atoms with Crippen LogP contribution in [-0.4, -0.2) is 38.7 Å². The molecule has 0 N–H and O–H groups in total. The zero-order chi connectivity index (χ0) is 17.2. The molecule has 24 heavy (non-hydrogen) atoms. The van der Waals surface area contributed by atoms with Crippen molar-refractivity contribution < 1.29 is 22.1 Å². The SMILES string of the molecule is CO[Si](OC)(OC)c1ccc2c(c1)CO[Si](C)(c1ccccc1)O2. The van der Waals surface area contributed by atoms with E-state index in [1.54, 1.807) is 21.3 Å². The molecule has 2 aromatic rings. The lowest BCUT2D eigenvalue weighted by Gasteiger charge is -2.34. The molecule has 0 spiro atoms. The maximum absolute atomic E-state index is 6.28. The summed E-state index contributed by atoms with van der Waals surface area (Å²) in [4.78, 5) is 0. The summed E-state index contributed by atoms with van der Waals surface area (Å²) in [5.41, 5.74) is 0.983. The van der Waals surface area contributed by atoms with Crippen molar-refractivity contribution in [2.24, 2.45) is 0 Å². The van der Waals surface area contributed by atoms with Crippen LogP contribution in [0.1, 0.15) is 5.56 Å². The van der Waals surface area contributed by atoms with E-state index >= 15 is 0 Å². The maximum Gasteiger partial charge on any atom is 0.536 e. The Morgan fingerprint density at radius 3 is 2.25 bits per heavy atom. The van der Waals surface area contributed by atoms with Gasteiger partial charge in [-0.25, -0.2) is 0 Å². The Kier molecular flexibility index (Phi) is 4.91. The molecule has 1 unspecified atom stereocenters. The van der Waals surface area contributed by atoms with Crippen LogP contribution in [0, 0.1) is 0 Å². The minimum absolute atomic E-state index is 0.502. The molecule has 0 saturated carbocycles. The summed E-state index contributed by atoms with van der Waals surface area (Å²) in [5, 5.41) is 2.01. The average Bonchev–Trinajstić information content (AvgIpc) is 2.64. The highest BCUT2D eigenvalue weighted by Crippen LogP contribution is 2.29. The molecule has 0 fully saturated rings. The van der Waals surface area contributed by atoms with Gasteiger partial charge in [-0.1, -0.05) is 36.4 Å². The fourth-order valence-corrected chi connectivity index (χ4v) is 6.96. The van der Waals surface area contributed by atoms with Gasteiger partial charge in [-0.3, -0.25) is 0 Å². The van der Waals surface area contributed by atoms with Gasteiger partial charge in [-0.15, -0.1) is 0 Å². The molecule has 1 atom stereocenters. The van der Waals surface area contributed by atoms with Gasteiger partial charge in [0.05, 0.1) is 6.61 Å². The van der Waals surface area contributed by atoms with E-state index in [0.717, 1.165) is 21.7 Å². The van der Waals surface area contributed by atoms with Crippen LogP contribution >= 0.6 is 0 Å². The summed E-state index contributed by atoms with van der Waals surface area (Å²) in [6, 6.07) is 16.0. The molecule has 0 aromatic heterocycles. The Hall–Kier alpha value is -1.49. The molecule has 1 heterocycles. The second kappa shape index (κ2) is 6.79. The second-order valence-electron chi connectivity index (χ2n) is 5.69. The molecule has 7 heteroatoms. The summed E-state index contributed by atoms with van der Waals surface area (Å²) >= 11 is 0. The highest BCUT2D eigenvalue weighted by atomic mass is 28.4. The molecule has 0 radical (unpaired) electrons. The third kappa shape index (κ3) is 2.94. The summed E-state index contributed by atoms with van der Waals surface area (Å²) in [5.74, 6) is 0.856. The van der Waals surface area contributed by atoms with Gasteiger partial charge in [0, 0.05) is 37.3 Å². The number of benzene rings is 2. The molecular formula is C17H22O5Si2. The molecule has 0 aliphatic carbocycles. The van der Waals surface area contributed by atoms with Gasteiger partial charge in [0.15, 0.2) is 0 Å². The van der Waals surface area contributed by atoms with Crippen molar-refractivity contribution in [3.05, 3.63) is 54.1 Å². The van der Waals surface area contributed by atoms with Crippen LogP contribution < -0.4 is 14.8 Å². The highest BCUT2D eigenvalue weighted by molar-refractivity contribution is 6.80. The minimum Gasteiger partial charge on any atom is -0.517 e. The van der Waals surface area contributed by atoms with Crippen molar-refractivity contribution in [1.82, 2.24) is 0 Å². The molecule has 1 aliphatic heterocycles. The lowest BCUT2D eigenvalue weighted by atomic mass is 10.2. The summed E-state index contributed by atoms with van der Waals surface area (Å²) in [7, 11) is -0.480. The molecule has 0 saturated heterocycles. The predicted molar refractivity (Wildman–Crippen MR) is 96.0 cm³/mol. The van der Waals surface area contributed by atoms with Gasteiger partial charge >= 0.3 is 17.4 Å². The largest absolute Gasteiger partial charge is 0.536 e. The van der Waals surface area contributed by atoms with Crippen LogP contribution in [0.25, 0.3) is 0 Å². The van der Waals surface area contributed by atoms with E-state index < -0.39 is 17.4 Å². The van der Waals surface area contributed by atoms with Crippen molar-refractivity contribution in [1.29, 1.82) is 0 Å². The molecule has 5 nitrogen and oxygen atoms in total. The van der Waals surface area contributed by atoms with Gasteiger partial charge < -0.3 is 22.1 Å². The van der Waals surface area contributed by atoms with Crippen molar-refractivity contribution in [2.75, 3.05) is 21.3 Å². The molecule has 2 aromatic carbocycles. The Bertz CT molecular complexity index is 697. The smallest absolute Gasteiger partial charge is 0.517 e.